The van der Waals surface area contributed by atoms with Gasteiger partial charge in [-0.3, -0.25) is 14.4 Å². The fourth-order valence-corrected chi connectivity index (χ4v) is 12.9. The number of Topliss-reactive ketones (excluding diaryl/α,β-unsaturated/α-hetero) is 1. The van der Waals surface area contributed by atoms with E-state index in [-0.39, 0.29) is 52.8 Å². The molecule has 5 aliphatic rings. The van der Waals surface area contributed by atoms with Crippen LogP contribution in [0.5, 0.6) is 0 Å². The average Bonchev–Trinajstić information content (AvgIpc) is 3.29. The Labute approximate surface area is 297 Å². The van der Waals surface area contributed by atoms with Gasteiger partial charge >= 0.3 is 11.9 Å². The van der Waals surface area contributed by atoms with Crippen LogP contribution in [0, 0.1) is 62.6 Å². The van der Waals surface area contributed by atoms with Crippen molar-refractivity contribution in [2.75, 3.05) is 13.2 Å². The Kier molecular flexibility index (Phi) is 10.7. The number of hydrogen-bond donors (Lipinski definition) is 3. The normalized spacial score (nSPS) is 37.7. The van der Waals surface area contributed by atoms with Crippen molar-refractivity contribution in [1.29, 1.82) is 0 Å². The second-order valence-electron chi connectivity index (χ2n) is 19.8. The van der Waals surface area contributed by atoms with Crippen molar-refractivity contribution in [2.24, 2.45) is 62.6 Å². The first-order valence-corrected chi connectivity index (χ1v) is 19.8. The number of esters is 1. The van der Waals surface area contributed by atoms with Crippen molar-refractivity contribution in [3.05, 3.63) is 11.1 Å². The van der Waals surface area contributed by atoms with Gasteiger partial charge in [0, 0.05) is 23.3 Å². The molecule has 0 aromatic carbocycles. The first-order valence-electron chi connectivity index (χ1n) is 19.8. The molecule has 0 amide bonds. The number of rotatable bonds is 12. The van der Waals surface area contributed by atoms with E-state index < -0.39 is 17.4 Å². The van der Waals surface area contributed by atoms with Gasteiger partial charge in [0.2, 0.25) is 0 Å². The molecule has 4 fully saturated rings. The number of aliphatic carboxylic acids is 1. The summed E-state index contributed by atoms with van der Waals surface area (Å²) in [6, 6.07) is 0.103. The maximum absolute atomic E-state index is 13.9. The topological polar surface area (TPSA) is 113 Å². The smallest absolute Gasteiger partial charge is 0.309 e. The first kappa shape index (κ1) is 38.5. The van der Waals surface area contributed by atoms with Gasteiger partial charge in [0.1, 0.15) is 6.10 Å². The number of carboxylic acid groups (broad SMARTS) is 1. The molecule has 0 bridgehead atoms. The molecule has 0 aromatic rings. The number of carbonyl (C=O) groups is 3. The number of hydrogen-bond acceptors (Lipinski definition) is 6. The lowest BCUT2D eigenvalue weighted by atomic mass is 9.36. The van der Waals surface area contributed by atoms with Crippen LogP contribution in [0.25, 0.3) is 0 Å². The van der Waals surface area contributed by atoms with Crippen molar-refractivity contribution >= 4 is 17.7 Å². The Morgan fingerprint density at radius 2 is 1.61 bits per heavy atom. The van der Waals surface area contributed by atoms with Gasteiger partial charge in [0.25, 0.3) is 0 Å². The summed E-state index contributed by atoms with van der Waals surface area (Å²) >= 11 is 0. The minimum Gasteiger partial charge on any atom is -0.481 e. The highest BCUT2D eigenvalue weighted by Gasteiger charge is 2.66. The number of ketones is 1. The van der Waals surface area contributed by atoms with Crippen LogP contribution in [0.2, 0.25) is 0 Å². The number of nitrogens with one attached hydrogen (secondary N) is 1. The SMILES string of the molecule is CC(C)C[C@@H](CO)NCCC12CCC3C(CCC4C3(C)CCC3C(C)(C)C(OC(=O)CC(C)(C)C(=O)O)CCC34C)C1=C(C(C)C)C(=O)C2. The number of carboxylic acids is 1. The minimum absolute atomic E-state index is 0.0495. The van der Waals surface area contributed by atoms with Crippen LogP contribution < -0.4 is 5.32 Å². The van der Waals surface area contributed by atoms with Crippen LogP contribution in [0.15, 0.2) is 11.1 Å². The van der Waals surface area contributed by atoms with Crippen molar-refractivity contribution in [1.82, 2.24) is 5.32 Å². The summed E-state index contributed by atoms with van der Waals surface area (Å²) in [7, 11) is 0. The summed E-state index contributed by atoms with van der Waals surface area (Å²) < 4.78 is 6.15. The number of aliphatic hydroxyl groups is 1. The fourth-order valence-electron chi connectivity index (χ4n) is 12.9. The maximum Gasteiger partial charge on any atom is 0.309 e. The van der Waals surface area contributed by atoms with E-state index in [1.54, 1.807) is 13.8 Å². The molecular formula is C42H69NO6. The van der Waals surface area contributed by atoms with E-state index in [0.717, 1.165) is 63.5 Å². The van der Waals surface area contributed by atoms with Crippen LogP contribution in [0.3, 0.4) is 0 Å². The predicted octanol–water partition coefficient (Wildman–Crippen LogP) is 8.38. The predicted molar refractivity (Wildman–Crippen MR) is 194 cm³/mol. The minimum atomic E-state index is -1.14. The Bertz CT molecular complexity index is 1310. The van der Waals surface area contributed by atoms with Crippen molar-refractivity contribution < 1.29 is 29.3 Å². The molecule has 7 nitrogen and oxygen atoms in total. The molecule has 8 unspecified atom stereocenters. The molecule has 3 N–H and O–H groups in total. The van der Waals surface area contributed by atoms with E-state index in [1.807, 2.05) is 0 Å². The van der Waals surface area contributed by atoms with Crippen molar-refractivity contribution in [2.45, 2.75) is 158 Å². The monoisotopic (exact) mass is 684 g/mol. The van der Waals surface area contributed by atoms with Crippen LogP contribution in [0.4, 0.5) is 0 Å². The number of aliphatic hydroxyl groups excluding tert-OH is 1. The Balaban J connectivity index is 1.37. The molecule has 7 heteroatoms. The summed E-state index contributed by atoms with van der Waals surface area (Å²) in [5.41, 5.74) is 1.62. The second kappa shape index (κ2) is 13.7. The number of ether oxygens (including phenoxy) is 1. The lowest BCUT2D eigenvalue weighted by Gasteiger charge is -2.69. The molecule has 0 radical (unpaired) electrons. The molecule has 4 saturated carbocycles. The second-order valence-corrected chi connectivity index (χ2v) is 19.8. The molecule has 5 rings (SSSR count). The summed E-state index contributed by atoms with van der Waals surface area (Å²) in [5.74, 6) is 1.81. The molecule has 9 atom stereocenters. The fraction of sp³-hybridized carbons (Fsp3) is 0.881. The Morgan fingerprint density at radius 1 is 0.939 bits per heavy atom. The molecular weight excluding hydrogens is 614 g/mol. The van der Waals surface area contributed by atoms with E-state index in [0.29, 0.717) is 41.8 Å². The van der Waals surface area contributed by atoms with E-state index >= 15 is 0 Å². The van der Waals surface area contributed by atoms with E-state index in [1.165, 1.54) is 18.4 Å². The zero-order valence-corrected chi connectivity index (χ0v) is 32.5. The zero-order chi connectivity index (χ0) is 36.3. The van der Waals surface area contributed by atoms with Crippen LogP contribution in [-0.4, -0.2) is 53.2 Å². The standard InChI is InChI=1S/C42H69NO6/c1-25(2)21-27(24-44)43-20-19-42-18-13-29-28(36(42)35(26(3)4)30(45)22-42)11-12-32-40(29,9)16-14-31-39(7,8)33(15-17-41(31,32)10)49-34(46)23-38(5,6)37(47)48/h25-29,31-33,43-44H,11-24H2,1-10H3,(H,47,48)/t27-,28?,29?,31?,32?,33?,40?,41?,42?/m0/s1. The highest BCUT2D eigenvalue weighted by atomic mass is 16.5. The molecule has 278 valence electrons. The number of fused-ring (bicyclic) bond motifs is 7. The van der Waals surface area contributed by atoms with Crippen LogP contribution >= 0.6 is 0 Å². The van der Waals surface area contributed by atoms with Crippen molar-refractivity contribution in [3.63, 3.8) is 0 Å². The molecule has 0 aliphatic heterocycles. The molecule has 0 heterocycles. The van der Waals surface area contributed by atoms with E-state index in [2.05, 4.69) is 60.7 Å². The third-order valence-electron chi connectivity index (χ3n) is 15.1. The van der Waals surface area contributed by atoms with Gasteiger partial charge in [-0.2, -0.15) is 0 Å². The largest absolute Gasteiger partial charge is 0.481 e. The molecule has 0 spiro atoms. The van der Waals surface area contributed by atoms with E-state index in [4.69, 9.17) is 4.74 Å². The molecule has 49 heavy (non-hydrogen) atoms. The molecule has 0 saturated heterocycles. The maximum atomic E-state index is 13.9. The van der Waals surface area contributed by atoms with Crippen LogP contribution in [0.1, 0.15) is 146 Å². The first-order chi connectivity index (χ1) is 22.7. The highest BCUT2D eigenvalue weighted by Crippen LogP contribution is 2.73. The zero-order valence-electron chi connectivity index (χ0n) is 32.5. The average molecular weight is 684 g/mol. The van der Waals surface area contributed by atoms with Gasteiger partial charge in [0.15, 0.2) is 5.78 Å². The molecule has 0 aromatic heterocycles. The van der Waals surface area contributed by atoms with Gasteiger partial charge in [-0.25, -0.2) is 0 Å². The third kappa shape index (κ3) is 6.71. The summed E-state index contributed by atoms with van der Waals surface area (Å²) in [4.78, 5) is 38.6. The summed E-state index contributed by atoms with van der Waals surface area (Å²) in [6.07, 6.45) is 11.0. The van der Waals surface area contributed by atoms with Gasteiger partial charge in [-0.1, -0.05) is 61.0 Å². The number of carbonyl (C=O) groups excluding carboxylic acids is 2. The number of allylic oxidation sites excluding steroid dienone is 2. The Hall–Kier alpha value is -1.73. The van der Waals surface area contributed by atoms with Gasteiger partial charge in [-0.05, 0) is 137 Å². The van der Waals surface area contributed by atoms with E-state index in [9.17, 15) is 24.6 Å². The third-order valence-corrected chi connectivity index (χ3v) is 15.1. The van der Waals surface area contributed by atoms with Gasteiger partial charge < -0.3 is 20.3 Å². The van der Waals surface area contributed by atoms with Crippen LogP contribution in [-0.2, 0) is 19.1 Å². The van der Waals surface area contributed by atoms with Gasteiger partial charge in [-0.15, -0.1) is 0 Å². The molecule has 5 aliphatic carbocycles. The summed E-state index contributed by atoms with van der Waals surface area (Å²) in [5, 5.41) is 23.3. The lowest BCUT2D eigenvalue weighted by molar-refractivity contribution is -0.213. The van der Waals surface area contributed by atoms with Crippen molar-refractivity contribution in [3.8, 4) is 0 Å². The lowest BCUT2D eigenvalue weighted by Crippen LogP contribution is -2.63. The highest BCUT2D eigenvalue weighted by molar-refractivity contribution is 6.00. The Morgan fingerprint density at radius 3 is 2.22 bits per heavy atom. The van der Waals surface area contributed by atoms with Gasteiger partial charge in [0.05, 0.1) is 18.4 Å². The quantitative estimate of drug-likeness (QED) is 0.177. The summed E-state index contributed by atoms with van der Waals surface area (Å²) in [6.45, 7) is 22.7.